The highest BCUT2D eigenvalue weighted by Gasteiger charge is 2.26. The quantitative estimate of drug-likeness (QED) is 0.388. The van der Waals surface area contributed by atoms with E-state index < -0.39 is 7.60 Å². The molecule has 1 saturated heterocycles. The number of hydrogen-bond acceptors (Lipinski definition) is 4. The number of nitrogens with one attached hydrogen (secondary N) is 1. The van der Waals surface area contributed by atoms with E-state index in [1.54, 1.807) is 13.0 Å². The third kappa shape index (κ3) is 5.78. The van der Waals surface area contributed by atoms with Crippen LogP contribution in [0.3, 0.4) is 0 Å². The number of esters is 1. The Morgan fingerprint density at radius 1 is 1.56 bits per heavy atom. The van der Waals surface area contributed by atoms with E-state index in [1.807, 2.05) is 0 Å². The zero-order valence-electron chi connectivity index (χ0n) is 10.4. The van der Waals surface area contributed by atoms with Gasteiger partial charge in [0.1, 0.15) is 6.04 Å². The molecule has 7 heteroatoms. The van der Waals surface area contributed by atoms with Gasteiger partial charge in [-0.25, -0.2) is 0 Å². The van der Waals surface area contributed by atoms with E-state index in [0.29, 0.717) is 19.6 Å². The lowest BCUT2D eigenvalue weighted by molar-refractivity contribution is -0.146. The molecule has 1 rings (SSSR count). The molecular weight excluding hydrogens is 257 g/mol. The van der Waals surface area contributed by atoms with Crippen LogP contribution in [0.2, 0.25) is 0 Å². The molecule has 0 aromatic rings. The summed E-state index contributed by atoms with van der Waals surface area (Å²) in [6, 6.07) is -0.316. The molecule has 0 aliphatic carbocycles. The predicted octanol–water partition coefficient (Wildman–Crippen LogP) is 0.652. The number of ether oxygens (including phenoxy) is 1. The molecule has 1 heterocycles. The molecule has 3 N–H and O–H groups in total. The average molecular weight is 277 g/mol. The summed E-state index contributed by atoms with van der Waals surface area (Å²) in [7, 11) is -3.97. The van der Waals surface area contributed by atoms with Gasteiger partial charge in [0.2, 0.25) is 0 Å². The van der Waals surface area contributed by atoms with Crippen LogP contribution in [0.4, 0.5) is 0 Å². The fourth-order valence-corrected chi connectivity index (χ4v) is 2.33. The first-order chi connectivity index (χ1) is 8.42. The smallest absolute Gasteiger partial charge is 0.329 e. The molecule has 0 radical (unpaired) electrons. The molecular formula is C11H20NO5P. The second-order valence-corrected chi connectivity index (χ2v) is 6.01. The Morgan fingerprint density at radius 2 is 2.28 bits per heavy atom. The van der Waals surface area contributed by atoms with Gasteiger partial charge in [-0.2, -0.15) is 0 Å². The van der Waals surface area contributed by atoms with E-state index in [1.165, 1.54) is 6.08 Å². The minimum absolute atomic E-state index is 0.159. The molecule has 0 amide bonds. The normalized spacial score (nSPS) is 25.3. The summed E-state index contributed by atoms with van der Waals surface area (Å²) in [5, 5.41) is 3.08. The Morgan fingerprint density at radius 3 is 2.89 bits per heavy atom. The van der Waals surface area contributed by atoms with Crippen LogP contribution in [0.15, 0.2) is 12.2 Å². The zero-order valence-corrected chi connectivity index (χ0v) is 11.3. The first-order valence-corrected chi connectivity index (χ1v) is 7.83. The monoisotopic (exact) mass is 277 g/mol. The van der Waals surface area contributed by atoms with Gasteiger partial charge in [-0.3, -0.25) is 9.36 Å². The fourth-order valence-electron chi connectivity index (χ4n) is 1.93. The summed E-state index contributed by atoms with van der Waals surface area (Å²) in [6.07, 6.45) is 4.50. The highest BCUT2D eigenvalue weighted by atomic mass is 31.2. The second kappa shape index (κ2) is 7.04. The van der Waals surface area contributed by atoms with Gasteiger partial charge in [-0.15, -0.1) is 0 Å². The number of piperidine rings is 1. The van der Waals surface area contributed by atoms with Crippen molar-refractivity contribution in [1.82, 2.24) is 5.32 Å². The van der Waals surface area contributed by atoms with E-state index in [4.69, 9.17) is 14.5 Å². The average Bonchev–Trinajstić information content (AvgIpc) is 2.28. The Labute approximate surface area is 107 Å². The SMILES string of the molecule is CCOC(=O)C1CC(C=CCP(=O)(O)O)CCN1. The van der Waals surface area contributed by atoms with E-state index in [-0.39, 0.29) is 24.1 Å². The standard InChI is InChI=1S/C11H20NO5P/c1-2-17-11(13)10-8-9(5-6-12-10)4-3-7-18(14,15)16/h3-4,9-10,12H,2,5-8H2,1H3,(H2,14,15,16). The lowest BCUT2D eigenvalue weighted by atomic mass is 9.92. The van der Waals surface area contributed by atoms with Gasteiger partial charge in [0.15, 0.2) is 0 Å². The molecule has 2 unspecified atom stereocenters. The number of allylic oxidation sites excluding steroid dienone is 2. The van der Waals surface area contributed by atoms with Crippen LogP contribution in [0.5, 0.6) is 0 Å². The molecule has 0 spiro atoms. The summed E-state index contributed by atoms with van der Waals surface area (Å²) < 4.78 is 15.6. The number of carbonyl (C=O) groups is 1. The van der Waals surface area contributed by atoms with Gasteiger partial charge < -0.3 is 19.8 Å². The minimum atomic E-state index is -3.97. The lowest BCUT2D eigenvalue weighted by Crippen LogP contribution is -2.44. The van der Waals surface area contributed by atoms with Crippen LogP contribution >= 0.6 is 7.60 Å². The largest absolute Gasteiger partial charge is 0.465 e. The topological polar surface area (TPSA) is 95.9 Å². The third-order valence-electron chi connectivity index (χ3n) is 2.77. The first kappa shape index (κ1) is 15.4. The summed E-state index contributed by atoms with van der Waals surface area (Å²) in [6.45, 7) is 2.82. The Hall–Kier alpha value is -0.680. The van der Waals surface area contributed by atoms with Gasteiger partial charge in [0.05, 0.1) is 12.8 Å². The summed E-state index contributed by atoms with van der Waals surface area (Å²) in [5.41, 5.74) is 0. The van der Waals surface area contributed by atoms with E-state index in [0.717, 1.165) is 6.42 Å². The maximum atomic E-state index is 11.5. The van der Waals surface area contributed by atoms with E-state index >= 15 is 0 Å². The van der Waals surface area contributed by atoms with Crippen LogP contribution < -0.4 is 5.32 Å². The van der Waals surface area contributed by atoms with Crippen molar-refractivity contribution < 1.29 is 23.9 Å². The molecule has 1 fully saturated rings. The van der Waals surface area contributed by atoms with E-state index in [2.05, 4.69) is 5.32 Å². The van der Waals surface area contributed by atoms with Crippen molar-refractivity contribution in [3.05, 3.63) is 12.2 Å². The molecule has 0 bridgehead atoms. The highest BCUT2D eigenvalue weighted by Crippen LogP contribution is 2.34. The highest BCUT2D eigenvalue weighted by molar-refractivity contribution is 7.51. The van der Waals surface area contributed by atoms with Crippen molar-refractivity contribution in [3.8, 4) is 0 Å². The van der Waals surface area contributed by atoms with Gasteiger partial charge in [0.25, 0.3) is 0 Å². The Balaban J connectivity index is 2.44. The molecule has 0 aromatic carbocycles. The van der Waals surface area contributed by atoms with Crippen LogP contribution in [-0.4, -0.2) is 41.1 Å². The van der Waals surface area contributed by atoms with Crippen LogP contribution in [0.1, 0.15) is 19.8 Å². The van der Waals surface area contributed by atoms with Crippen molar-refractivity contribution >= 4 is 13.6 Å². The molecule has 2 atom stereocenters. The maximum Gasteiger partial charge on any atom is 0.329 e. The van der Waals surface area contributed by atoms with Gasteiger partial charge in [0, 0.05) is 0 Å². The van der Waals surface area contributed by atoms with Crippen molar-refractivity contribution in [2.24, 2.45) is 5.92 Å². The molecule has 1 aliphatic rings. The van der Waals surface area contributed by atoms with Crippen molar-refractivity contribution in [2.45, 2.75) is 25.8 Å². The molecule has 18 heavy (non-hydrogen) atoms. The van der Waals surface area contributed by atoms with Crippen molar-refractivity contribution in [2.75, 3.05) is 19.3 Å². The van der Waals surface area contributed by atoms with Gasteiger partial charge in [-0.05, 0) is 32.2 Å². The lowest BCUT2D eigenvalue weighted by Gasteiger charge is -2.27. The van der Waals surface area contributed by atoms with Crippen LogP contribution in [0, 0.1) is 5.92 Å². The van der Waals surface area contributed by atoms with Crippen LogP contribution in [0.25, 0.3) is 0 Å². The number of hydrogen-bond donors (Lipinski definition) is 3. The van der Waals surface area contributed by atoms with Crippen LogP contribution in [-0.2, 0) is 14.1 Å². The molecule has 1 aliphatic heterocycles. The van der Waals surface area contributed by atoms with Gasteiger partial charge >= 0.3 is 13.6 Å². The number of carbonyl (C=O) groups excluding carboxylic acids is 1. The third-order valence-corrected chi connectivity index (χ3v) is 3.45. The Kier molecular flexibility index (Phi) is 6.02. The molecule has 0 aromatic heterocycles. The number of rotatable bonds is 5. The summed E-state index contributed by atoms with van der Waals surface area (Å²) >= 11 is 0. The first-order valence-electron chi connectivity index (χ1n) is 6.03. The van der Waals surface area contributed by atoms with Crippen molar-refractivity contribution in [1.29, 1.82) is 0 Å². The minimum Gasteiger partial charge on any atom is -0.465 e. The predicted molar refractivity (Wildman–Crippen MR) is 67.2 cm³/mol. The van der Waals surface area contributed by atoms with Gasteiger partial charge in [-0.1, -0.05) is 12.2 Å². The summed E-state index contributed by atoms with van der Waals surface area (Å²) in [4.78, 5) is 29.0. The molecule has 104 valence electrons. The second-order valence-electron chi connectivity index (χ2n) is 4.32. The summed E-state index contributed by atoms with van der Waals surface area (Å²) in [5.74, 6) is -0.0993. The maximum absolute atomic E-state index is 11.5. The van der Waals surface area contributed by atoms with E-state index in [9.17, 15) is 9.36 Å². The molecule has 0 saturated carbocycles. The zero-order chi connectivity index (χ0) is 13.6. The Bertz CT molecular complexity index is 351. The fraction of sp³-hybridized carbons (Fsp3) is 0.727. The molecule has 6 nitrogen and oxygen atoms in total. The van der Waals surface area contributed by atoms with Crippen molar-refractivity contribution in [3.63, 3.8) is 0 Å².